The van der Waals surface area contributed by atoms with Crippen molar-refractivity contribution in [3.63, 3.8) is 0 Å². The van der Waals surface area contributed by atoms with Gasteiger partial charge in [0.05, 0.1) is 25.4 Å². The Kier molecular flexibility index (Phi) is 67.2. The molecule has 94 heavy (non-hydrogen) atoms. The molecule has 0 spiro atoms. The van der Waals surface area contributed by atoms with E-state index in [0.717, 1.165) is 64.2 Å². The van der Waals surface area contributed by atoms with Crippen molar-refractivity contribution in [1.82, 2.24) is 5.32 Å². The molecule has 1 amide bonds. The van der Waals surface area contributed by atoms with E-state index in [9.17, 15) is 35.1 Å². The van der Waals surface area contributed by atoms with Gasteiger partial charge >= 0.3 is 5.97 Å². The molecule has 0 aromatic carbocycles. The maximum Gasteiger partial charge on any atom is 0.306 e. The molecular weight excluding hydrogens is 1170 g/mol. The third-order valence-corrected chi connectivity index (χ3v) is 19.5. The fourth-order valence-corrected chi connectivity index (χ4v) is 13.0. The predicted octanol–water partition coefficient (Wildman–Crippen LogP) is 22.3. The van der Waals surface area contributed by atoms with Crippen molar-refractivity contribution >= 4 is 11.9 Å². The minimum Gasteiger partial charge on any atom is -0.454 e. The van der Waals surface area contributed by atoms with Gasteiger partial charge in [0, 0.05) is 6.42 Å². The van der Waals surface area contributed by atoms with Gasteiger partial charge < -0.3 is 45.1 Å². The summed E-state index contributed by atoms with van der Waals surface area (Å²) in [6, 6.07) is -1.02. The van der Waals surface area contributed by atoms with E-state index in [-0.39, 0.29) is 13.0 Å². The number of esters is 1. The second-order valence-electron chi connectivity index (χ2n) is 28.5. The van der Waals surface area contributed by atoms with E-state index < -0.39 is 67.4 Å². The van der Waals surface area contributed by atoms with E-state index in [1.807, 2.05) is 6.08 Å². The van der Waals surface area contributed by atoms with Crippen LogP contribution in [0.4, 0.5) is 0 Å². The smallest absolute Gasteiger partial charge is 0.306 e. The van der Waals surface area contributed by atoms with Gasteiger partial charge in [0.15, 0.2) is 12.4 Å². The van der Waals surface area contributed by atoms with E-state index in [1.165, 1.54) is 295 Å². The quantitative estimate of drug-likeness (QED) is 0.0195. The van der Waals surface area contributed by atoms with Crippen molar-refractivity contribution in [2.24, 2.45) is 0 Å². The molecule has 0 aliphatic carbocycles. The molecule has 1 aliphatic rings. The van der Waals surface area contributed by atoms with Gasteiger partial charge in [0.1, 0.15) is 24.4 Å². The van der Waals surface area contributed by atoms with Gasteiger partial charge in [-0.25, -0.2) is 0 Å². The summed E-state index contributed by atoms with van der Waals surface area (Å²) in [6.07, 6.45) is 80.3. The normalized spacial score (nSPS) is 18.0. The lowest BCUT2D eigenvalue weighted by Gasteiger charge is -2.41. The molecule has 8 atom stereocenters. The first-order chi connectivity index (χ1) is 46.2. The molecule has 11 nitrogen and oxygen atoms in total. The fourth-order valence-electron chi connectivity index (χ4n) is 13.0. The number of aliphatic hydroxyl groups is 5. The third-order valence-electron chi connectivity index (χ3n) is 19.5. The Labute approximate surface area is 580 Å². The van der Waals surface area contributed by atoms with Crippen molar-refractivity contribution in [3.8, 4) is 0 Å². The highest BCUT2D eigenvalue weighted by molar-refractivity contribution is 5.80. The predicted molar refractivity (Wildman–Crippen MR) is 398 cm³/mol. The zero-order valence-electron chi connectivity index (χ0n) is 61.9. The Morgan fingerprint density at radius 2 is 0.734 bits per heavy atom. The molecule has 0 bridgehead atoms. The van der Waals surface area contributed by atoms with E-state index >= 15 is 0 Å². The zero-order valence-corrected chi connectivity index (χ0v) is 61.9. The van der Waals surface area contributed by atoms with Gasteiger partial charge in [-0.05, 0) is 83.5 Å². The molecule has 0 radical (unpaired) electrons. The molecule has 1 aliphatic heterocycles. The van der Waals surface area contributed by atoms with Gasteiger partial charge in [-0.2, -0.15) is 0 Å². The molecule has 8 unspecified atom stereocenters. The maximum atomic E-state index is 13.5. The Balaban J connectivity index is 2.46. The van der Waals surface area contributed by atoms with Crippen LogP contribution in [0.2, 0.25) is 0 Å². The minimum atomic E-state index is -1.61. The highest BCUT2D eigenvalue weighted by Gasteiger charge is 2.47. The molecule has 0 saturated carbocycles. The Bertz CT molecular complexity index is 1720. The van der Waals surface area contributed by atoms with Gasteiger partial charge in [-0.3, -0.25) is 9.59 Å². The number of nitrogens with one attached hydrogen (secondary N) is 1. The van der Waals surface area contributed by atoms with Crippen molar-refractivity contribution < 1.29 is 49.3 Å². The van der Waals surface area contributed by atoms with Crippen LogP contribution in [0.5, 0.6) is 0 Å². The topological polar surface area (TPSA) is 175 Å². The molecule has 6 N–H and O–H groups in total. The summed E-state index contributed by atoms with van der Waals surface area (Å²) in [5.41, 5.74) is 0. The summed E-state index contributed by atoms with van der Waals surface area (Å²) in [7, 11) is 0. The summed E-state index contributed by atoms with van der Waals surface area (Å²) in [5, 5.41) is 57.5. The summed E-state index contributed by atoms with van der Waals surface area (Å²) in [4.78, 5) is 26.8. The molecule has 552 valence electrons. The molecule has 0 aromatic heterocycles. The van der Waals surface area contributed by atoms with Crippen LogP contribution < -0.4 is 5.32 Å². The summed E-state index contributed by atoms with van der Waals surface area (Å²) in [6.45, 7) is 5.83. The van der Waals surface area contributed by atoms with Gasteiger partial charge in [0.2, 0.25) is 5.91 Å². The van der Waals surface area contributed by atoms with Crippen LogP contribution in [-0.2, 0) is 23.8 Å². The number of aliphatic hydroxyl groups excluding tert-OH is 5. The van der Waals surface area contributed by atoms with Crippen molar-refractivity contribution in [3.05, 3.63) is 48.6 Å². The number of allylic oxidation sites excluding steroid dienone is 7. The Morgan fingerprint density at radius 1 is 0.415 bits per heavy atom. The number of hydrogen-bond donors (Lipinski definition) is 6. The summed E-state index contributed by atoms with van der Waals surface area (Å²) < 4.78 is 17.8. The molecule has 1 saturated heterocycles. The van der Waals surface area contributed by atoms with E-state index in [4.69, 9.17) is 14.2 Å². The first-order valence-electron chi connectivity index (χ1n) is 40.9. The third kappa shape index (κ3) is 56.5. The lowest BCUT2D eigenvalue weighted by molar-refractivity contribution is -0.305. The van der Waals surface area contributed by atoms with Crippen LogP contribution in [0.15, 0.2) is 48.6 Å². The Morgan fingerprint density at radius 3 is 1.12 bits per heavy atom. The van der Waals surface area contributed by atoms with Crippen LogP contribution in [0, 0.1) is 0 Å². The van der Waals surface area contributed by atoms with Gasteiger partial charge in [-0.1, -0.05) is 365 Å². The monoisotopic (exact) mass is 1330 g/mol. The maximum absolute atomic E-state index is 13.5. The van der Waals surface area contributed by atoms with E-state index in [1.54, 1.807) is 6.08 Å². The molecule has 1 heterocycles. The molecule has 1 fully saturated rings. The van der Waals surface area contributed by atoms with Crippen LogP contribution >= 0.6 is 0 Å². The highest BCUT2D eigenvalue weighted by atomic mass is 16.7. The van der Waals surface area contributed by atoms with Crippen molar-refractivity contribution in [2.45, 2.75) is 455 Å². The van der Waals surface area contributed by atoms with E-state index in [0.29, 0.717) is 19.3 Å². The van der Waals surface area contributed by atoms with Crippen LogP contribution in [0.1, 0.15) is 406 Å². The number of amides is 1. The molecule has 1 rings (SSSR count). The average molecular weight is 1330 g/mol. The largest absolute Gasteiger partial charge is 0.454 e. The summed E-state index contributed by atoms with van der Waals surface area (Å²) >= 11 is 0. The van der Waals surface area contributed by atoms with Crippen LogP contribution in [-0.4, -0.2) is 99.6 Å². The zero-order chi connectivity index (χ0) is 68.1. The number of hydrogen-bond acceptors (Lipinski definition) is 10. The SMILES string of the molecule is CCCCC/C=C\C/C=C\CCCCCCCCCCCCCCCCCCC(O)C(=O)NC(COC1OC(CO)C(O)C(O)C1OC(=O)CCCCCCCCCCCCCCCCCCC/C=C/CCCCCCCC)C(O)/C=C/CCCCCCCCCCCC. The highest BCUT2D eigenvalue weighted by Crippen LogP contribution is 2.27. The van der Waals surface area contributed by atoms with Crippen molar-refractivity contribution in [2.75, 3.05) is 13.2 Å². The van der Waals surface area contributed by atoms with Crippen LogP contribution in [0.3, 0.4) is 0 Å². The van der Waals surface area contributed by atoms with Gasteiger partial charge in [-0.15, -0.1) is 0 Å². The lowest BCUT2D eigenvalue weighted by Crippen LogP contribution is -2.61. The molecule has 11 heteroatoms. The number of unbranched alkanes of at least 4 members (excludes halogenated alkanes) is 52. The first-order valence-corrected chi connectivity index (χ1v) is 40.9. The van der Waals surface area contributed by atoms with Crippen molar-refractivity contribution in [1.29, 1.82) is 0 Å². The molecule has 0 aromatic rings. The average Bonchev–Trinajstić information content (AvgIpc) is 0.828. The first kappa shape index (κ1) is 89.6. The fraction of sp³-hybridized carbons (Fsp3) is 0.880. The lowest BCUT2D eigenvalue weighted by atomic mass is 9.99. The molecular formula is C83H155NO10. The number of rotatable bonds is 72. The summed E-state index contributed by atoms with van der Waals surface area (Å²) in [5.74, 6) is -1.17. The standard InChI is InChI=1S/C83H155NO10/c1-4-7-10-13-16-19-22-25-27-29-31-33-35-37-39-41-43-45-47-49-51-53-56-59-62-65-68-71-78(88)94-81-80(90)79(89)77(72-85)93-83(81)92-73-74(75(86)69-66-63-60-57-54-24-21-18-15-12-9-6-3)84-82(91)76(87)70-67-64-61-58-55-52-50-48-46-44-42-40-38-36-34-32-30-28-26-23-20-17-14-11-8-5-2/h17,20,25-28,66,69,74-77,79-81,83,85-87,89-90H,4-16,18-19,21-24,29-65,67-68,70-73H2,1-3H3,(H,84,91)/b20-17-,27-25+,28-26-,69-66+. The second-order valence-corrected chi connectivity index (χ2v) is 28.5. The number of carbonyl (C=O) groups excluding carboxylic acids is 2. The number of ether oxygens (including phenoxy) is 3. The second kappa shape index (κ2) is 70.5. The van der Waals surface area contributed by atoms with Crippen LogP contribution in [0.25, 0.3) is 0 Å². The van der Waals surface area contributed by atoms with E-state index in [2.05, 4.69) is 62.5 Å². The number of carbonyl (C=O) groups is 2. The minimum absolute atomic E-state index is 0.128. The van der Waals surface area contributed by atoms with Gasteiger partial charge in [0.25, 0.3) is 0 Å². The Hall–Kier alpha value is -2.38.